The zero-order valence-electron chi connectivity index (χ0n) is 21.9. The van der Waals surface area contributed by atoms with Crippen LogP contribution in [0.3, 0.4) is 0 Å². The number of phenolic OH excluding ortho intramolecular Hbond substituents is 1. The van der Waals surface area contributed by atoms with Crippen molar-refractivity contribution in [1.29, 1.82) is 0 Å². The molecule has 1 aromatic rings. The Morgan fingerprint density at radius 1 is 1.06 bits per heavy atom. The Morgan fingerprint density at radius 3 is 2.09 bits per heavy atom. The van der Waals surface area contributed by atoms with Gasteiger partial charge in [0.25, 0.3) is 0 Å². The lowest BCUT2D eigenvalue weighted by Gasteiger charge is -2.39. The number of ether oxygens (including phenoxy) is 2. The SMILES string of the molecule is CCC(C)N(C(=O)C(NC(=O)OC(C)(C)C)C(C)C)C(C(=O)NCC(=O)OC)c1ccc(O)cc1. The molecule has 10 nitrogen and oxygen atoms in total. The van der Waals surface area contributed by atoms with Crippen LogP contribution >= 0.6 is 0 Å². The molecule has 0 aromatic heterocycles. The van der Waals surface area contributed by atoms with E-state index < -0.39 is 47.6 Å². The lowest BCUT2D eigenvalue weighted by Crippen LogP contribution is -2.57. The van der Waals surface area contributed by atoms with Gasteiger partial charge in [0.15, 0.2) is 0 Å². The Balaban J connectivity index is 3.47. The van der Waals surface area contributed by atoms with Crippen LogP contribution in [0.15, 0.2) is 24.3 Å². The van der Waals surface area contributed by atoms with Gasteiger partial charge in [0.2, 0.25) is 11.8 Å². The summed E-state index contributed by atoms with van der Waals surface area (Å²) in [7, 11) is 1.20. The molecule has 0 heterocycles. The molecule has 3 N–H and O–H groups in total. The maximum Gasteiger partial charge on any atom is 0.408 e. The highest BCUT2D eigenvalue weighted by atomic mass is 16.6. The van der Waals surface area contributed by atoms with E-state index in [-0.39, 0.29) is 18.2 Å². The van der Waals surface area contributed by atoms with Gasteiger partial charge in [-0.2, -0.15) is 0 Å². The van der Waals surface area contributed by atoms with Gasteiger partial charge in [0.1, 0.15) is 30.0 Å². The minimum Gasteiger partial charge on any atom is -0.508 e. The maximum atomic E-state index is 13.9. The van der Waals surface area contributed by atoms with Crippen LogP contribution in [-0.2, 0) is 23.9 Å². The quantitative estimate of drug-likeness (QED) is 0.427. The smallest absolute Gasteiger partial charge is 0.408 e. The highest BCUT2D eigenvalue weighted by molar-refractivity contribution is 5.93. The molecule has 0 radical (unpaired) electrons. The fourth-order valence-electron chi connectivity index (χ4n) is 3.33. The molecule has 10 heteroatoms. The van der Waals surface area contributed by atoms with Gasteiger partial charge in [-0.3, -0.25) is 14.4 Å². The number of nitrogens with zero attached hydrogens (tertiary/aromatic N) is 1. The van der Waals surface area contributed by atoms with E-state index in [1.54, 1.807) is 41.5 Å². The summed E-state index contributed by atoms with van der Waals surface area (Å²) in [5.74, 6) is -2.05. The van der Waals surface area contributed by atoms with E-state index >= 15 is 0 Å². The Kier molecular flexibility index (Phi) is 11.0. The third-order valence-corrected chi connectivity index (χ3v) is 5.30. The predicted octanol–water partition coefficient (Wildman–Crippen LogP) is 2.90. The Labute approximate surface area is 207 Å². The normalized spacial score (nSPS) is 13.9. The number of esters is 1. The largest absolute Gasteiger partial charge is 0.508 e. The summed E-state index contributed by atoms with van der Waals surface area (Å²) in [6.45, 7) is 12.0. The standard InChI is InChI=1S/C25H39N3O7/c1-9-16(4)28(23(32)20(15(2)3)27-24(33)35-25(5,6)7)21(17-10-12-18(29)13-11-17)22(31)26-14-19(30)34-8/h10-13,15-16,20-21,29H,9,14H2,1-8H3,(H,26,31)(H,27,33). The van der Waals surface area contributed by atoms with Crippen molar-refractivity contribution in [2.45, 2.75) is 78.6 Å². The van der Waals surface area contributed by atoms with Crippen LogP contribution in [0, 0.1) is 5.92 Å². The molecule has 0 fully saturated rings. The number of methoxy groups -OCH3 is 1. The Hall–Kier alpha value is -3.30. The number of carbonyl (C=O) groups excluding carboxylic acids is 4. The molecule has 3 unspecified atom stereocenters. The summed E-state index contributed by atoms with van der Waals surface area (Å²) in [6, 6.07) is 3.36. The number of carbonyl (C=O) groups is 4. The highest BCUT2D eigenvalue weighted by Crippen LogP contribution is 2.28. The monoisotopic (exact) mass is 493 g/mol. The number of phenols is 1. The van der Waals surface area contributed by atoms with Crippen molar-refractivity contribution in [2.75, 3.05) is 13.7 Å². The van der Waals surface area contributed by atoms with Crippen molar-refractivity contribution in [2.24, 2.45) is 5.92 Å². The van der Waals surface area contributed by atoms with Crippen LogP contribution in [-0.4, -0.2) is 65.2 Å². The molecule has 0 aliphatic heterocycles. The first-order chi connectivity index (χ1) is 16.2. The summed E-state index contributed by atoms with van der Waals surface area (Å²) >= 11 is 0. The number of rotatable bonds is 10. The van der Waals surface area contributed by atoms with Crippen molar-refractivity contribution in [1.82, 2.24) is 15.5 Å². The molecule has 3 atom stereocenters. The van der Waals surface area contributed by atoms with Gasteiger partial charge < -0.3 is 30.1 Å². The van der Waals surface area contributed by atoms with Crippen LogP contribution < -0.4 is 10.6 Å². The first kappa shape index (κ1) is 29.7. The van der Waals surface area contributed by atoms with Crippen molar-refractivity contribution < 1.29 is 33.8 Å². The average Bonchev–Trinajstić information content (AvgIpc) is 2.77. The summed E-state index contributed by atoms with van der Waals surface area (Å²) in [4.78, 5) is 52.8. The Morgan fingerprint density at radius 2 is 1.63 bits per heavy atom. The van der Waals surface area contributed by atoms with E-state index in [9.17, 15) is 24.3 Å². The van der Waals surface area contributed by atoms with Crippen molar-refractivity contribution in [3.05, 3.63) is 29.8 Å². The van der Waals surface area contributed by atoms with E-state index in [4.69, 9.17) is 4.74 Å². The molecule has 3 amide bonds. The second kappa shape index (κ2) is 13.0. The van der Waals surface area contributed by atoms with E-state index in [0.717, 1.165) is 0 Å². The number of benzene rings is 1. The van der Waals surface area contributed by atoms with E-state index in [0.29, 0.717) is 12.0 Å². The van der Waals surface area contributed by atoms with Crippen LogP contribution in [0.2, 0.25) is 0 Å². The zero-order valence-corrected chi connectivity index (χ0v) is 21.9. The lowest BCUT2D eigenvalue weighted by atomic mass is 9.96. The minimum atomic E-state index is -1.13. The van der Waals surface area contributed by atoms with E-state index in [1.807, 2.05) is 6.92 Å². The maximum absolute atomic E-state index is 13.9. The van der Waals surface area contributed by atoms with Gasteiger partial charge >= 0.3 is 12.1 Å². The van der Waals surface area contributed by atoms with Crippen molar-refractivity contribution in [3.8, 4) is 5.75 Å². The second-order valence-corrected chi connectivity index (χ2v) is 9.66. The van der Waals surface area contributed by atoms with E-state index in [1.165, 1.54) is 36.3 Å². The van der Waals surface area contributed by atoms with Gasteiger partial charge in [0.05, 0.1) is 7.11 Å². The number of hydrogen-bond donors (Lipinski definition) is 3. The van der Waals surface area contributed by atoms with Crippen molar-refractivity contribution in [3.63, 3.8) is 0 Å². The number of nitrogens with one attached hydrogen (secondary N) is 2. The second-order valence-electron chi connectivity index (χ2n) is 9.66. The third-order valence-electron chi connectivity index (χ3n) is 5.30. The Bertz CT molecular complexity index is 878. The third kappa shape index (κ3) is 9.11. The average molecular weight is 494 g/mol. The molecule has 196 valence electrons. The summed E-state index contributed by atoms with van der Waals surface area (Å²) in [5, 5.41) is 14.9. The molecule has 0 spiro atoms. The minimum absolute atomic E-state index is 0.00413. The van der Waals surface area contributed by atoms with E-state index in [2.05, 4.69) is 15.4 Å². The van der Waals surface area contributed by atoms with Crippen molar-refractivity contribution >= 4 is 23.9 Å². The molecule has 1 aromatic carbocycles. The zero-order chi connectivity index (χ0) is 26.9. The number of alkyl carbamates (subject to hydrolysis) is 1. The highest BCUT2D eigenvalue weighted by Gasteiger charge is 2.39. The summed E-state index contributed by atoms with van der Waals surface area (Å²) in [5.41, 5.74) is -0.327. The number of amides is 3. The number of aromatic hydroxyl groups is 1. The molecule has 0 saturated heterocycles. The van der Waals surface area contributed by atoms with Gasteiger partial charge in [-0.05, 0) is 57.7 Å². The molecule has 0 bridgehead atoms. The van der Waals surface area contributed by atoms with Crippen LogP contribution in [0.25, 0.3) is 0 Å². The first-order valence-corrected chi connectivity index (χ1v) is 11.7. The van der Waals surface area contributed by atoms with Crippen LogP contribution in [0.5, 0.6) is 5.75 Å². The fourth-order valence-corrected chi connectivity index (χ4v) is 3.33. The van der Waals surface area contributed by atoms with Gasteiger partial charge in [-0.15, -0.1) is 0 Å². The topological polar surface area (TPSA) is 134 Å². The lowest BCUT2D eigenvalue weighted by molar-refractivity contribution is -0.147. The molecule has 0 saturated carbocycles. The van der Waals surface area contributed by atoms with Crippen LogP contribution in [0.4, 0.5) is 4.79 Å². The van der Waals surface area contributed by atoms with Gasteiger partial charge in [-0.25, -0.2) is 4.79 Å². The summed E-state index contributed by atoms with van der Waals surface area (Å²) in [6.07, 6.45) is -0.230. The molecule has 0 aliphatic carbocycles. The summed E-state index contributed by atoms with van der Waals surface area (Å²) < 4.78 is 9.94. The molecular weight excluding hydrogens is 454 g/mol. The molecule has 1 rings (SSSR count). The fraction of sp³-hybridized carbons (Fsp3) is 0.600. The molecular formula is C25H39N3O7. The molecule has 35 heavy (non-hydrogen) atoms. The number of hydrogen-bond acceptors (Lipinski definition) is 7. The molecule has 0 aliphatic rings. The van der Waals surface area contributed by atoms with Gasteiger partial charge in [-0.1, -0.05) is 32.9 Å². The van der Waals surface area contributed by atoms with Crippen LogP contribution in [0.1, 0.15) is 66.5 Å². The van der Waals surface area contributed by atoms with Gasteiger partial charge in [0, 0.05) is 6.04 Å². The predicted molar refractivity (Wildman–Crippen MR) is 130 cm³/mol. The first-order valence-electron chi connectivity index (χ1n) is 11.7.